The molecule has 1 N–H and O–H groups in total. The van der Waals surface area contributed by atoms with Gasteiger partial charge in [0.1, 0.15) is 0 Å². The lowest BCUT2D eigenvalue weighted by Crippen LogP contribution is -2.45. The number of hydrogen-bond donors (Lipinski definition) is 1. The van der Waals surface area contributed by atoms with E-state index in [1.54, 1.807) is 0 Å². The minimum absolute atomic E-state index is 0.282. The SMILES string of the molecule is CC(C)N(CCCCCC(CCOC(=O)O)N(C(C)C)C(C)C)C(C)C. The van der Waals surface area contributed by atoms with Crippen molar-refractivity contribution < 1.29 is 14.6 Å². The molecule has 0 saturated carbocycles. The number of nitrogens with zero attached hydrogens (tertiary/aromatic N) is 2. The fourth-order valence-electron chi connectivity index (χ4n) is 4.13. The number of unbranched alkanes of at least 4 members (excludes halogenated alkanes) is 2. The number of hydrogen-bond acceptors (Lipinski definition) is 4. The third-order valence-corrected chi connectivity index (χ3v) is 5.07. The van der Waals surface area contributed by atoms with Crippen molar-refractivity contribution in [2.75, 3.05) is 13.2 Å². The zero-order valence-corrected chi connectivity index (χ0v) is 18.5. The second-order valence-electron chi connectivity index (χ2n) is 8.47. The van der Waals surface area contributed by atoms with Crippen molar-refractivity contribution in [3.8, 4) is 0 Å². The van der Waals surface area contributed by atoms with Gasteiger partial charge in [0.25, 0.3) is 0 Å². The first kappa shape index (κ1) is 25.2. The summed E-state index contributed by atoms with van der Waals surface area (Å²) in [6.07, 6.45) is 4.31. The third kappa shape index (κ3) is 10.4. The summed E-state index contributed by atoms with van der Waals surface area (Å²) in [7, 11) is 0. The highest BCUT2D eigenvalue weighted by Gasteiger charge is 2.24. The Morgan fingerprint density at radius 1 is 0.808 bits per heavy atom. The molecule has 0 saturated heterocycles. The maximum atomic E-state index is 10.7. The van der Waals surface area contributed by atoms with Crippen LogP contribution in [0.15, 0.2) is 0 Å². The lowest BCUT2D eigenvalue weighted by Gasteiger charge is -2.38. The molecule has 0 rings (SSSR count). The van der Waals surface area contributed by atoms with Crippen molar-refractivity contribution in [1.29, 1.82) is 0 Å². The molecule has 0 aromatic rings. The van der Waals surface area contributed by atoms with Crippen LogP contribution in [-0.2, 0) is 4.74 Å². The van der Waals surface area contributed by atoms with Crippen LogP contribution in [0.3, 0.4) is 0 Å². The first-order valence-corrected chi connectivity index (χ1v) is 10.5. The maximum Gasteiger partial charge on any atom is 0.505 e. The molecule has 1 unspecified atom stereocenters. The Balaban J connectivity index is 4.51. The molecular formula is C21H44N2O3. The second-order valence-corrected chi connectivity index (χ2v) is 8.47. The quantitative estimate of drug-likeness (QED) is 0.334. The molecule has 0 bridgehead atoms. The average Bonchev–Trinajstić information content (AvgIpc) is 2.48. The largest absolute Gasteiger partial charge is 0.505 e. The smallest absolute Gasteiger partial charge is 0.450 e. The minimum atomic E-state index is -1.17. The van der Waals surface area contributed by atoms with Gasteiger partial charge >= 0.3 is 6.16 Å². The summed E-state index contributed by atoms with van der Waals surface area (Å²) < 4.78 is 4.78. The first-order chi connectivity index (χ1) is 12.1. The molecular weight excluding hydrogens is 328 g/mol. The van der Waals surface area contributed by atoms with Crippen molar-refractivity contribution >= 4 is 6.16 Å². The van der Waals surface area contributed by atoms with Gasteiger partial charge in [-0.1, -0.05) is 12.8 Å². The summed E-state index contributed by atoms with van der Waals surface area (Å²) in [4.78, 5) is 15.7. The molecule has 0 heterocycles. The number of carbonyl (C=O) groups is 1. The lowest BCUT2D eigenvalue weighted by atomic mass is 10.0. The standard InChI is InChI=1S/C21H44N2O3/c1-16(2)22(17(3)4)14-11-9-10-12-20(13-15-26-21(24)25)23(18(5)6)19(7)8/h16-20H,9-15H2,1-8H3,(H,24,25). The topological polar surface area (TPSA) is 53.0 Å². The van der Waals surface area contributed by atoms with E-state index in [-0.39, 0.29) is 6.61 Å². The van der Waals surface area contributed by atoms with Gasteiger partial charge < -0.3 is 9.84 Å². The Morgan fingerprint density at radius 3 is 1.77 bits per heavy atom. The van der Waals surface area contributed by atoms with E-state index in [9.17, 15) is 4.79 Å². The highest BCUT2D eigenvalue weighted by Crippen LogP contribution is 2.20. The van der Waals surface area contributed by atoms with Crippen LogP contribution in [0.4, 0.5) is 4.79 Å². The average molecular weight is 373 g/mol. The van der Waals surface area contributed by atoms with Gasteiger partial charge in [0.05, 0.1) is 6.61 Å². The molecule has 0 aliphatic carbocycles. The molecule has 5 heteroatoms. The van der Waals surface area contributed by atoms with E-state index in [0.29, 0.717) is 30.2 Å². The van der Waals surface area contributed by atoms with Gasteiger partial charge in [-0.25, -0.2) is 4.79 Å². The number of ether oxygens (including phenoxy) is 1. The van der Waals surface area contributed by atoms with Crippen LogP contribution in [0.5, 0.6) is 0 Å². The Hall–Kier alpha value is -0.810. The molecule has 0 amide bonds. The van der Waals surface area contributed by atoms with E-state index >= 15 is 0 Å². The lowest BCUT2D eigenvalue weighted by molar-refractivity contribution is 0.0582. The van der Waals surface area contributed by atoms with Crippen LogP contribution in [0.1, 0.15) is 87.5 Å². The normalized spacial score (nSPS) is 13.6. The second kappa shape index (κ2) is 13.4. The molecule has 0 aliphatic heterocycles. The summed E-state index contributed by atoms with van der Waals surface area (Å²) >= 11 is 0. The molecule has 5 nitrogen and oxygen atoms in total. The molecule has 0 aromatic carbocycles. The fourth-order valence-corrected chi connectivity index (χ4v) is 4.13. The predicted molar refractivity (Wildman–Crippen MR) is 110 cm³/mol. The van der Waals surface area contributed by atoms with Gasteiger partial charge in [-0.3, -0.25) is 9.80 Å². The van der Waals surface area contributed by atoms with E-state index in [1.807, 2.05) is 0 Å². The van der Waals surface area contributed by atoms with Gasteiger partial charge in [-0.2, -0.15) is 0 Å². The van der Waals surface area contributed by atoms with Crippen LogP contribution in [0.2, 0.25) is 0 Å². The van der Waals surface area contributed by atoms with Crippen LogP contribution in [0, 0.1) is 0 Å². The zero-order chi connectivity index (χ0) is 20.3. The van der Waals surface area contributed by atoms with Crippen LogP contribution in [0.25, 0.3) is 0 Å². The summed E-state index contributed by atoms with van der Waals surface area (Å²) in [5.41, 5.74) is 0. The van der Waals surface area contributed by atoms with Gasteiger partial charge in [0.2, 0.25) is 0 Å². The highest BCUT2D eigenvalue weighted by atomic mass is 16.7. The van der Waals surface area contributed by atoms with Crippen LogP contribution < -0.4 is 0 Å². The Bertz CT molecular complexity index is 354. The molecule has 1 atom stereocenters. The molecule has 0 radical (unpaired) electrons. The Labute approximate surface area is 162 Å². The predicted octanol–water partition coefficient (Wildman–Crippen LogP) is 5.24. The molecule has 0 aliphatic rings. The Kier molecular flexibility index (Phi) is 13.0. The van der Waals surface area contributed by atoms with Gasteiger partial charge in [-0.15, -0.1) is 0 Å². The molecule has 0 spiro atoms. The van der Waals surface area contributed by atoms with Crippen molar-refractivity contribution in [2.45, 2.75) is 118 Å². The summed E-state index contributed by atoms with van der Waals surface area (Å²) in [6, 6.07) is 2.45. The minimum Gasteiger partial charge on any atom is -0.450 e. The molecule has 156 valence electrons. The van der Waals surface area contributed by atoms with Crippen molar-refractivity contribution in [1.82, 2.24) is 9.80 Å². The molecule has 0 aromatic heterocycles. The number of carboxylic acid groups (broad SMARTS) is 1. The third-order valence-electron chi connectivity index (χ3n) is 5.07. The highest BCUT2D eigenvalue weighted by molar-refractivity contribution is 5.56. The van der Waals surface area contributed by atoms with E-state index < -0.39 is 6.16 Å². The molecule has 26 heavy (non-hydrogen) atoms. The first-order valence-electron chi connectivity index (χ1n) is 10.5. The Morgan fingerprint density at radius 2 is 1.35 bits per heavy atom. The van der Waals surface area contributed by atoms with Crippen LogP contribution in [-0.4, -0.2) is 64.4 Å². The maximum absolute atomic E-state index is 10.7. The monoisotopic (exact) mass is 372 g/mol. The van der Waals surface area contributed by atoms with E-state index in [1.165, 1.54) is 19.3 Å². The van der Waals surface area contributed by atoms with E-state index in [2.05, 4.69) is 65.2 Å². The van der Waals surface area contributed by atoms with Crippen LogP contribution >= 0.6 is 0 Å². The van der Waals surface area contributed by atoms with Gasteiger partial charge in [0, 0.05) is 30.2 Å². The van der Waals surface area contributed by atoms with Crippen molar-refractivity contribution in [3.63, 3.8) is 0 Å². The summed E-state index contributed by atoms with van der Waals surface area (Å²) in [6.45, 7) is 19.4. The van der Waals surface area contributed by atoms with Crippen molar-refractivity contribution in [3.05, 3.63) is 0 Å². The summed E-state index contributed by atoms with van der Waals surface area (Å²) in [5.74, 6) is 0. The van der Waals surface area contributed by atoms with E-state index in [0.717, 1.165) is 19.4 Å². The van der Waals surface area contributed by atoms with Gasteiger partial charge in [-0.05, 0) is 81.2 Å². The fraction of sp³-hybridized carbons (Fsp3) is 0.952. The van der Waals surface area contributed by atoms with Crippen molar-refractivity contribution in [2.24, 2.45) is 0 Å². The zero-order valence-electron chi connectivity index (χ0n) is 18.5. The molecule has 0 fully saturated rings. The van der Waals surface area contributed by atoms with E-state index in [4.69, 9.17) is 9.84 Å². The van der Waals surface area contributed by atoms with Gasteiger partial charge in [0.15, 0.2) is 0 Å². The summed E-state index contributed by atoms with van der Waals surface area (Å²) in [5, 5.41) is 8.73. The number of rotatable bonds is 14.